The number of benzene rings is 1. The van der Waals surface area contributed by atoms with Gasteiger partial charge in [-0.1, -0.05) is 26.3 Å². The van der Waals surface area contributed by atoms with Crippen LogP contribution in [0.4, 0.5) is 5.69 Å². The highest BCUT2D eigenvalue weighted by Crippen LogP contribution is 2.28. The van der Waals surface area contributed by atoms with E-state index < -0.39 is 0 Å². The monoisotopic (exact) mass is 326 g/mol. The number of hydrogen-bond donors (Lipinski definition) is 1. The third kappa shape index (κ3) is 5.15. The number of anilines is 1. The molecule has 2 N–H and O–H groups in total. The smallest absolute Gasteiger partial charge is 0.0510 e. The third-order valence-electron chi connectivity index (χ3n) is 3.52. The van der Waals surface area contributed by atoms with Crippen LogP contribution < -0.4 is 10.6 Å². The average molecular weight is 327 g/mol. The minimum Gasteiger partial charge on any atom is -0.371 e. The second kappa shape index (κ2) is 7.91. The lowest BCUT2D eigenvalue weighted by Gasteiger charge is -2.27. The van der Waals surface area contributed by atoms with Gasteiger partial charge >= 0.3 is 0 Å². The zero-order chi connectivity index (χ0) is 14.4. The molecule has 2 unspecified atom stereocenters. The summed E-state index contributed by atoms with van der Waals surface area (Å²) < 4.78 is 1.18. The molecule has 0 bridgehead atoms. The second-order valence-electron chi connectivity index (χ2n) is 5.52. The molecule has 0 saturated carbocycles. The van der Waals surface area contributed by atoms with Crippen molar-refractivity contribution in [2.24, 2.45) is 11.7 Å². The van der Waals surface area contributed by atoms with Crippen LogP contribution in [-0.2, 0) is 6.42 Å². The van der Waals surface area contributed by atoms with Crippen molar-refractivity contribution >= 4 is 21.6 Å². The van der Waals surface area contributed by atoms with Crippen LogP contribution in [-0.4, -0.2) is 19.1 Å². The predicted molar refractivity (Wildman–Crippen MR) is 88.8 cm³/mol. The Bertz CT molecular complexity index is 390. The van der Waals surface area contributed by atoms with E-state index in [1.54, 1.807) is 0 Å². The van der Waals surface area contributed by atoms with E-state index in [0.717, 1.165) is 25.4 Å². The van der Waals surface area contributed by atoms with Crippen LogP contribution in [0.3, 0.4) is 0 Å². The zero-order valence-electron chi connectivity index (χ0n) is 12.6. The van der Waals surface area contributed by atoms with Crippen LogP contribution in [0, 0.1) is 5.92 Å². The number of halogens is 1. The third-order valence-corrected chi connectivity index (χ3v) is 4.16. The van der Waals surface area contributed by atoms with Gasteiger partial charge in [0.1, 0.15) is 0 Å². The molecule has 0 aliphatic heterocycles. The first-order chi connectivity index (χ1) is 8.97. The van der Waals surface area contributed by atoms with E-state index in [4.69, 9.17) is 5.73 Å². The van der Waals surface area contributed by atoms with Gasteiger partial charge in [0.25, 0.3) is 0 Å². The molecule has 0 spiro atoms. The first kappa shape index (κ1) is 16.5. The van der Waals surface area contributed by atoms with E-state index in [1.165, 1.54) is 22.1 Å². The van der Waals surface area contributed by atoms with Gasteiger partial charge in [0.15, 0.2) is 0 Å². The molecule has 0 radical (unpaired) electrons. The molecule has 0 aliphatic carbocycles. The van der Waals surface area contributed by atoms with E-state index in [9.17, 15) is 0 Å². The second-order valence-corrected chi connectivity index (χ2v) is 6.37. The van der Waals surface area contributed by atoms with Crippen LogP contribution in [0.15, 0.2) is 22.7 Å². The zero-order valence-corrected chi connectivity index (χ0v) is 14.2. The molecule has 3 heteroatoms. The van der Waals surface area contributed by atoms with Crippen LogP contribution in [0.2, 0.25) is 0 Å². The Hall–Kier alpha value is -0.540. The van der Waals surface area contributed by atoms with Crippen LogP contribution in [0.25, 0.3) is 0 Å². The minimum atomic E-state index is 0.208. The number of hydrogen-bond acceptors (Lipinski definition) is 2. The maximum atomic E-state index is 5.86. The topological polar surface area (TPSA) is 29.3 Å². The molecule has 0 saturated heterocycles. The van der Waals surface area contributed by atoms with Gasteiger partial charge in [-0.05, 0) is 59.8 Å². The average Bonchev–Trinajstić information content (AvgIpc) is 2.35. The highest BCUT2D eigenvalue weighted by molar-refractivity contribution is 9.10. The SMILES string of the molecule is CCC(C)CN(CC)c1ccc(CC(C)N)cc1Br. The molecule has 1 aromatic rings. The maximum Gasteiger partial charge on any atom is 0.0510 e. The van der Waals surface area contributed by atoms with Crippen molar-refractivity contribution < 1.29 is 0 Å². The van der Waals surface area contributed by atoms with E-state index in [1.807, 2.05) is 6.92 Å². The van der Waals surface area contributed by atoms with Gasteiger partial charge in [0.2, 0.25) is 0 Å². The van der Waals surface area contributed by atoms with Crippen LogP contribution in [0.1, 0.15) is 39.7 Å². The van der Waals surface area contributed by atoms with Crippen molar-refractivity contribution in [2.45, 2.75) is 46.6 Å². The Kier molecular flexibility index (Phi) is 6.87. The molecule has 0 aromatic heterocycles. The summed E-state index contributed by atoms with van der Waals surface area (Å²) in [6.45, 7) is 11.0. The predicted octanol–water partition coefficient (Wildman–Crippen LogP) is 4.21. The fourth-order valence-electron chi connectivity index (χ4n) is 2.21. The molecule has 2 atom stereocenters. The lowest BCUT2D eigenvalue weighted by molar-refractivity contribution is 0.547. The normalized spacial score (nSPS) is 14.2. The molecule has 2 nitrogen and oxygen atoms in total. The fourth-order valence-corrected chi connectivity index (χ4v) is 2.89. The van der Waals surface area contributed by atoms with Gasteiger partial charge in [-0.15, -0.1) is 0 Å². The standard InChI is InChI=1S/C16H27BrN2/c1-5-12(3)11-19(6-2)16-8-7-14(9-13(4)18)10-15(16)17/h7-8,10,12-13H,5-6,9,11,18H2,1-4H3. The first-order valence-electron chi connectivity index (χ1n) is 7.26. The molecule has 108 valence electrons. The van der Waals surface area contributed by atoms with E-state index in [-0.39, 0.29) is 6.04 Å². The summed E-state index contributed by atoms with van der Waals surface area (Å²) >= 11 is 3.71. The van der Waals surface area contributed by atoms with Gasteiger partial charge in [-0.3, -0.25) is 0 Å². The van der Waals surface area contributed by atoms with E-state index in [2.05, 4.69) is 59.8 Å². The fraction of sp³-hybridized carbons (Fsp3) is 0.625. The maximum absolute atomic E-state index is 5.86. The Morgan fingerprint density at radius 1 is 1.26 bits per heavy atom. The van der Waals surface area contributed by atoms with E-state index in [0.29, 0.717) is 0 Å². The van der Waals surface area contributed by atoms with Crippen molar-refractivity contribution in [3.8, 4) is 0 Å². The summed E-state index contributed by atoms with van der Waals surface area (Å²) in [4.78, 5) is 2.44. The van der Waals surface area contributed by atoms with Crippen molar-refractivity contribution in [3.05, 3.63) is 28.2 Å². The lowest BCUT2D eigenvalue weighted by Crippen LogP contribution is -2.28. The molecule has 1 aromatic carbocycles. The summed E-state index contributed by atoms with van der Waals surface area (Å²) in [5, 5.41) is 0. The van der Waals surface area contributed by atoms with Crippen LogP contribution >= 0.6 is 15.9 Å². The quantitative estimate of drug-likeness (QED) is 0.813. The summed E-state index contributed by atoms with van der Waals surface area (Å²) in [6, 6.07) is 6.83. The molecule has 0 aliphatic rings. The molecule has 19 heavy (non-hydrogen) atoms. The molecule has 0 heterocycles. The Morgan fingerprint density at radius 3 is 2.42 bits per heavy atom. The molecule has 0 fully saturated rings. The highest BCUT2D eigenvalue weighted by Gasteiger charge is 2.12. The summed E-state index contributed by atoms with van der Waals surface area (Å²) in [7, 11) is 0. The number of rotatable bonds is 7. The van der Waals surface area contributed by atoms with Crippen molar-refractivity contribution in [1.82, 2.24) is 0 Å². The molecule has 0 amide bonds. The number of nitrogens with zero attached hydrogens (tertiary/aromatic N) is 1. The van der Waals surface area contributed by atoms with Gasteiger partial charge in [0.05, 0.1) is 5.69 Å². The van der Waals surface area contributed by atoms with Crippen molar-refractivity contribution in [3.63, 3.8) is 0 Å². The van der Waals surface area contributed by atoms with Crippen molar-refractivity contribution in [1.29, 1.82) is 0 Å². The molecular formula is C16H27BrN2. The first-order valence-corrected chi connectivity index (χ1v) is 8.06. The summed E-state index contributed by atoms with van der Waals surface area (Å²) in [6.07, 6.45) is 2.15. The Balaban J connectivity index is 2.86. The van der Waals surface area contributed by atoms with Gasteiger partial charge in [0, 0.05) is 23.6 Å². The molecule has 1 rings (SSSR count). The Morgan fingerprint density at radius 2 is 1.95 bits per heavy atom. The summed E-state index contributed by atoms with van der Waals surface area (Å²) in [5.41, 5.74) is 8.44. The van der Waals surface area contributed by atoms with Gasteiger partial charge in [-0.25, -0.2) is 0 Å². The minimum absolute atomic E-state index is 0.208. The van der Waals surface area contributed by atoms with Crippen LogP contribution in [0.5, 0.6) is 0 Å². The number of nitrogens with two attached hydrogens (primary N) is 1. The molecular weight excluding hydrogens is 300 g/mol. The van der Waals surface area contributed by atoms with Crippen molar-refractivity contribution in [2.75, 3.05) is 18.0 Å². The van der Waals surface area contributed by atoms with E-state index >= 15 is 0 Å². The lowest BCUT2D eigenvalue weighted by atomic mass is 10.1. The summed E-state index contributed by atoms with van der Waals surface area (Å²) in [5.74, 6) is 0.718. The Labute approximate surface area is 126 Å². The highest BCUT2D eigenvalue weighted by atomic mass is 79.9. The van der Waals surface area contributed by atoms with Gasteiger partial charge in [-0.2, -0.15) is 0 Å². The largest absolute Gasteiger partial charge is 0.371 e. The van der Waals surface area contributed by atoms with Gasteiger partial charge < -0.3 is 10.6 Å².